The van der Waals surface area contributed by atoms with Crippen LogP contribution in [0.25, 0.3) is 0 Å². The molecule has 8 nitrogen and oxygen atoms in total. The van der Waals surface area contributed by atoms with Crippen LogP contribution >= 0.6 is 34.8 Å². The molecule has 0 spiro atoms. The third-order valence-electron chi connectivity index (χ3n) is 6.99. The van der Waals surface area contributed by atoms with Gasteiger partial charge in [-0.05, 0) is 44.5 Å². The van der Waals surface area contributed by atoms with Gasteiger partial charge in [0.15, 0.2) is 0 Å². The normalized spacial score (nSPS) is 20.2. The monoisotopic (exact) mass is 592 g/mol. The lowest BCUT2D eigenvalue weighted by Crippen LogP contribution is -2.56. The Balaban J connectivity index is 1.66. The van der Waals surface area contributed by atoms with Crippen molar-refractivity contribution in [2.24, 2.45) is 0 Å². The number of hydrogen-bond donors (Lipinski definition) is 1. The number of esters is 1. The molecule has 2 atom stereocenters. The van der Waals surface area contributed by atoms with E-state index in [1.54, 1.807) is 59.2 Å². The van der Waals surface area contributed by atoms with Gasteiger partial charge in [0.05, 0.1) is 38.9 Å². The van der Waals surface area contributed by atoms with Crippen molar-refractivity contribution in [3.63, 3.8) is 0 Å². The number of nitrogens with one attached hydrogen (secondary N) is 1. The van der Waals surface area contributed by atoms with Gasteiger partial charge in [0.1, 0.15) is 0 Å². The molecule has 0 saturated carbocycles. The third kappa shape index (κ3) is 6.04. The van der Waals surface area contributed by atoms with Gasteiger partial charge in [-0.3, -0.25) is 14.6 Å². The van der Waals surface area contributed by atoms with Crippen molar-refractivity contribution in [3.05, 3.63) is 79.9 Å². The van der Waals surface area contributed by atoms with E-state index >= 15 is 0 Å². The first-order valence-electron chi connectivity index (χ1n) is 12.9. The Labute approximate surface area is 243 Å². The second kappa shape index (κ2) is 12.6. The first-order chi connectivity index (χ1) is 18.7. The number of piperazine rings is 1. The minimum Gasteiger partial charge on any atom is -0.463 e. The fraction of sp³-hybridized carbons (Fsp3) is 0.393. The summed E-state index contributed by atoms with van der Waals surface area (Å²) in [7, 11) is 0. The molecule has 0 radical (unpaired) electrons. The molecular formula is C28H31Cl3N4O4. The highest BCUT2D eigenvalue weighted by Gasteiger charge is 2.40. The molecule has 0 bridgehead atoms. The summed E-state index contributed by atoms with van der Waals surface area (Å²) in [6, 6.07) is 10.8. The summed E-state index contributed by atoms with van der Waals surface area (Å²) >= 11 is 19.1. The number of halogens is 3. The molecule has 1 N–H and O–H groups in total. The zero-order valence-corrected chi connectivity index (χ0v) is 24.3. The van der Waals surface area contributed by atoms with E-state index < -0.39 is 12.0 Å². The minimum atomic E-state index is -0.832. The molecule has 39 heavy (non-hydrogen) atoms. The van der Waals surface area contributed by atoms with Gasteiger partial charge in [0, 0.05) is 44.5 Å². The van der Waals surface area contributed by atoms with Crippen molar-refractivity contribution in [3.8, 4) is 0 Å². The Kier molecular flexibility index (Phi) is 9.43. The summed E-state index contributed by atoms with van der Waals surface area (Å²) in [5, 5.41) is 3.91. The fourth-order valence-electron chi connectivity index (χ4n) is 5.11. The topological polar surface area (TPSA) is 82.2 Å². The van der Waals surface area contributed by atoms with Crippen molar-refractivity contribution >= 4 is 52.7 Å². The van der Waals surface area contributed by atoms with E-state index in [4.69, 9.17) is 39.5 Å². The van der Waals surface area contributed by atoms with Crippen molar-refractivity contribution in [2.45, 2.75) is 32.9 Å². The molecule has 0 aromatic heterocycles. The maximum absolute atomic E-state index is 13.4. The Morgan fingerprint density at radius 1 is 1.03 bits per heavy atom. The molecule has 2 heterocycles. The lowest BCUT2D eigenvalue weighted by Gasteiger charge is -2.43. The van der Waals surface area contributed by atoms with Crippen molar-refractivity contribution in [2.75, 3.05) is 39.3 Å². The molecule has 208 valence electrons. The summed E-state index contributed by atoms with van der Waals surface area (Å²) in [5.74, 6) is -0.658. The average molecular weight is 594 g/mol. The number of carbonyl (C=O) groups excluding carboxylic acids is 3. The van der Waals surface area contributed by atoms with E-state index in [9.17, 15) is 14.4 Å². The van der Waals surface area contributed by atoms with E-state index in [2.05, 4.69) is 10.2 Å². The largest absolute Gasteiger partial charge is 0.463 e. The van der Waals surface area contributed by atoms with Gasteiger partial charge in [-0.1, -0.05) is 59.1 Å². The molecule has 0 unspecified atom stereocenters. The van der Waals surface area contributed by atoms with Gasteiger partial charge in [-0.25, -0.2) is 9.59 Å². The molecule has 4 rings (SSSR count). The highest BCUT2D eigenvalue weighted by molar-refractivity contribution is 6.42. The lowest BCUT2D eigenvalue weighted by molar-refractivity contribution is -0.139. The van der Waals surface area contributed by atoms with E-state index in [0.29, 0.717) is 65.2 Å². The van der Waals surface area contributed by atoms with Crippen LogP contribution in [-0.2, 0) is 9.53 Å². The standard InChI is InChI=1S/C28H31Cl3N4O4/c1-4-34-22(16-33-13-14-35(17(3)15-33)26(36)18-9-6-7-11-20(18)29)23(27(37)39-5-2)25(32-28(34)38)19-10-8-12-21(30)24(19)31/h6-12,17,25H,4-5,13-16H2,1-3H3,(H,32,38)/t17-,25+/m0/s1. The van der Waals surface area contributed by atoms with Crippen molar-refractivity contribution in [1.29, 1.82) is 0 Å². The van der Waals surface area contributed by atoms with Crippen LogP contribution < -0.4 is 5.32 Å². The number of benzene rings is 2. The van der Waals surface area contributed by atoms with Crippen LogP contribution in [-0.4, -0.2) is 78.0 Å². The van der Waals surface area contributed by atoms with Gasteiger partial charge < -0.3 is 15.0 Å². The number of nitrogens with zero attached hydrogens (tertiary/aromatic N) is 3. The van der Waals surface area contributed by atoms with Gasteiger partial charge in [-0.15, -0.1) is 0 Å². The SMILES string of the molecule is CCOC(=O)C1=C(CN2CCN(C(=O)c3ccccc3Cl)[C@@H](C)C2)N(CC)C(=O)N[C@@H]1c1cccc(Cl)c1Cl. The quantitative estimate of drug-likeness (QED) is 0.435. The molecular weight excluding hydrogens is 563 g/mol. The van der Waals surface area contributed by atoms with Crippen LogP contribution in [0.5, 0.6) is 0 Å². The molecule has 11 heteroatoms. The minimum absolute atomic E-state index is 0.123. The summed E-state index contributed by atoms with van der Waals surface area (Å²) in [6.45, 7) is 7.93. The van der Waals surface area contributed by atoms with Crippen LogP contribution in [0.4, 0.5) is 4.79 Å². The number of rotatable bonds is 7. The Morgan fingerprint density at radius 2 is 1.74 bits per heavy atom. The van der Waals surface area contributed by atoms with E-state index in [1.165, 1.54) is 0 Å². The zero-order valence-electron chi connectivity index (χ0n) is 22.0. The van der Waals surface area contributed by atoms with Gasteiger partial charge in [0.2, 0.25) is 0 Å². The molecule has 2 aliphatic rings. The van der Waals surface area contributed by atoms with E-state index in [-0.39, 0.29) is 29.6 Å². The van der Waals surface area contributed by atoms with Crippen LogP contribution in [0.15, 0.2) is 53.7 Å². The second-order valence-corrected chi connectivity index (χ2v) is 10.6. The van der Waals surface area contributed by atoms with Gasteiger partial charge in [-0.2, -0.15) is 0 Å². The van der Waals surface area contributed by atoms with E-state index in [1.807, 2.05) is 13.8 Å². The molecule has 1 saturated heterocycles. The lowest BCUT2D eigenvalue weighted by atomic mass is 9.93. The number of hydrogen-bond acceptors (Lipinski definition) is 5. The summed E-state index contributed by atoms with van der Waals surface area (Å²) in [5.41, 5.74) is 1.83. The number of likely N-dealkylation sites (N-methyl/N-ethyl adjacent to an activating group) is 1. The number of carbonyl (C=O) groups is 3. The summed E-state index contributed by atoms with van der Waals surface area (Å²) in [4.78, 5) is 45.3. The predicted octanol–water partition coefficient (Wildman–Crippen LogP) is 5.40. The van der Waals surface area contributed by atoms with Gasteiger partial charge in [0.25, 0.3) is 5.91 Å². The fourth-order valence-corrected chi connectivity index (χ4v) is 5.75. The average Bonchev–Trinajstić information content (AvgIpc) is 2.90. The zero-order chi connectivity index (χ0) is 28.3. The Hall–Kier alpha value is -2.78. The summed E-state index contributed by atoms with van der Waals surface area (Å²) in [6.07, 6.45) is 0. The third-order valence-corrected chi connectivity index (χ3v) is 8.16. The van der Waals surface area contributed by atoms with E-state index in [0.717, 1.165) is 0 Å². The molecule has 2 aromatic rings. The molecule has 1 fully saturated rings. The molecule has 3 amide bonds. The first kappa shape index (κ1) is 29.2. The molecule has 2 aromatic carbocycles. The Morgan fingerprint density at radius 3 is 2.41 bits per heavy atom. The smallest absolute Gasteiger partial charge is 0.338 e. The maximum atomic E-state index is 13.4. The van der Waals surface area contributed by atoms with Crippen LogP contribution in [0, 0.1) is 0 Å². The maximum Gasteiger partial charge on any atom is 0.338 e. The highest BCUT2D eigenvalue weighted by atomic mass is 35.5. The van der Waals surface area contributed by atoms with Crippen LogP contribution in [0.3, 0.4) is 0 Å². The van der Waals surface area contributed by atoms with Crippen LogP contribution in [0.2, 0.25) is 15.1 Å². The molecule has 0 aliphatic carbocycles. The van der Waals surface area contributed by atoms with Crippen molar-refractivity contribution < 1.29 is 19.1 Å². The second-order valence-electron chi connectivity index (χ2n) is 9.41. The molecule has 2 aliphatic heterocycles. The number of amides is 3. The van der Waals surface area contributed by atoms with Crippen molar-refractivity contribution in [1.82, 2.24) is 20.0 Å². The predicted molar refractivity (Wildman–Crippen MR) is 152 cm³/mol. The highest BCUT2D eigenvalue weighted by Crippen LogP contribution is 2.38. The number of urea groups is 1. The van der Waals surface area contributed by atoms with Crippen LogP contribution in [0.1, 0.15) is 42.7 Å². The Bertz CT molecular complexity index is 1300. The summed E-state index contributed by atoms with van der Waals surface area (Å²) < 4.78 is 5.45. The number of ether oxygens (including phenoxy) is 1. The first-order valence-corrected chi connectivity index (χ1v) is 14.0. The van der Waals surface area contributed by atoms with Gasteiger partial charge >= 0.3 is 12.0 Å².